The van der Waals surface area contributed by atoms with Crippen LogP contribution in [0, 0.1) is 0 Å². The van der Waals surface area contributed by atoms with Crippen molar-refractivity contribution in [3.05, 3.63) is 46.3 Å². The molecule has 1 heterocycles. The van der Waals surface area contributed by atoms with Crippen LogP contribution >= 0.6 is 15.9 Å². The number of aryl methyl sites for hydroxylation is 2. The van der Waals surface area contributed by atoms with E-state index in [0.717, 1.165) is 16.1 Å². The van der Waals surface area contributed by atoms with Crippen LogP contribution in [0.5, 0.6) is 0 Å². The summed E-state index contributed by atoms with van der Waals surface area (Å²) in [6.45, 7) is 0. The minimum absolute atomic E-state index is 0.788. The van der Waals surface area contributed by atoms with Gasteiger partial charge < -0.3 is 5.32 Å². The Morgan fingerprint density at radius 3 is 2.82 bits per heavy atom. The molecule has 86 valence electrons. The minimum atomic E-state index is 0.788. The lowest BCUT2D eigenvalue weighted by atomic mass is 10.1. The first-order valence-electron chi connectivity index (χ1n) is 5.68. The minimum Gasteiger partial charge on any atom is -0.340 e. The van der Waals surface area contributed by atoms with Crippen molar-refractivity contribution in [3.63, 3.8) is 0 Å². The molecular weight excluding hydrogens is 278 g/mol. The summed E-state index contributed by atoms with van der Waals surface area (Å²) in [6.07, 6.45) is 5.23. The van der Waals surface area contributed by atoms with Gasteiger partial charge in [-0.2, -0.15) is 0 Å². The molecule has 1 N–H and O–H groups in total. The van der Waals surface area contributed by atoms with Crippen LogP contribution in [-0.2, 0) is 12.8 Å². The van der Waals surface area contributed by atoms with Gasteiger partial charge in [-0.3, -0.25) is 0 Å². The first kappa shape index (κ1) is 10.7. The lowest BCUT2D eigenvalue weighted by molar-refractivity contribution is 0.912. The van der Waals surface area contributed by atoms with Crippen molar-refractivity contribution < 1.29 is 0 Å². The normalized spacial score (nSPS) is 13.5. The highest BCUT2D eigenvalue weighted by Gasteiger charge is 2.10. The summed E-state index contributed by atoms with van der Waals surface area (Å²) in [6, 6.07) is 8.41. The largest absolute Gasteiger partial charge is 0.340 e. The first-order chi connectivity index (χ1) is 8.31. The number of hydrogen-bond acceptors (Lipinski definition) is 3. The highest BCUT2D eigenvalue weighted by Crippen LogP contribution is 2.26. The number of nitrogens with zero attached hydrogens (tertiary/aromatic N) is 2. The van der Waals surface area contributed by atoms with Gasteiger partial charge in [0.1, 0.15) is 16.7 Å². The standard InChI is InChI=1S/C13H12BrN3/c14-12-7-13(16-8-15-12)17-11-5-4-9-2-1-3-10(9)6-11/h4-8H,1-3H2,(H,15,16,17). The van der Waals surface area contributed by atoms with Gasteiger partial charge >= 0.3 is 0 Å². The molecule has 0 unspecified atom stereocenters. The molecule has 0 radical (unpaired) electrons. The van der Waals surface area contributed by atoms with Crippen molar-refractivity contribution in [1.29, 1.82) is 0 Å². The molecule has 0 spiro atoms. The van der Waals surface area contributed by atoms with Crippen molar-refractivity contribution in [2.24, 2.45) is 0 Å². The van der Waals surface area contributed by atoms with E-state index in [1.807, 2.05) is 6.07 Å². The predicted molar refractivity (Wildman–Crippen MR) is 71.5 cm³/mol. The summed E-state index contributed by atoms with van der Waals surface area (Å²) in [5.41, 5.74) is 4.04. The van der Waals surface area contributed by atoms with Crippen LogP contribution in [-0.4, -0.2) is 9.97 Å². The second-order valence-electron chi connectivity index (χ2n) is 4.19. The molecule has 17 heavy (non-hydrogen) atoms. The quantitative estimate of drug-likeness (QED) is 0.861. The van der Waals surface area contributed by atoms with E-state index in [0.29, 0.717) is 0 Å². The Morgan fingerprint density at radius 1 is 1.06 bits per heavy atom. The van der Waals surface area contributed by atoms with E-state index < -0.39 is 0 Å². The molecule has 3 nitrogen and oxygen atoms in total. The molecule has 0 atom stereocenters. The van der Waals surface area contributed by atoms with Gasteiger partial charge in [-0.1, -0.05) is 6.07 Å². The Labute approximate surface area is 108 Å². The van der Waals surface area contributed by atoms with Crippen molar-refractivity contribution in [2.75, 3.05) is 5.32 Å². The summed E-state index contributed by atoms with van der Waals surface area (Å²) in [4.78, 5) is 8.18. The Hall–Kier alpha value is -1.42. The van der Waals surface area contributed by atoms with Gasteiger partial charge in [-0.15, -0.1) is 0 Å². The molecule has 4 heteroatoms. The van der Waals surface area contributed by atoms with Crippen LogP contribution in [0.25, 0.3) is 0 Å². The number of hydrogen-bond donors (Lipinski definition) is 1. The average Bonchev–Trinajstić information content (AvgIpc) is 2.76. The summed E-state index contributed by atoms with van der Waals surface area (Å²) in [7, 11) is 0. The maximum absolute atomic E-state index is 4.18. The number of halogens is 1. The SMILES string of the molecule is Brc1cc(Nc2ccc3c(c2)CCC3)ncn1. The van der Waals surface area contributed by atoms with Gasteiger partial charge in [-0.05, 0) is 58.5 Å². The van der Waals surface area contributed by atoms with Crippen LogP contribution < -0.4 is 5.32 Å². The zero-order valence-electron chi connectivity index (χ0n) is 9.28. The predicted octanol–water partition coefficient (Wildman–Crippen LogP) is 3.47. The third kappa shape index (κ3) is 2.31. The number of benzene rings is 1. The van der Waals surface area contributed by atoms with Crippen molar-refractivity contribution >= 4 is 27.4 Å². The summed E-state index contributed by atoms with van der Waals surface area (Å²) >= 11 is 3.33. The van der Waals surface area contributed by atoms with Gasteiger partial charge in [0.25, 0.3) is 0 Å². The van der Waals surface area contributed by atoms with Crippen LogP contribution in [0.3, 0.4) is 0 Å². The maximum atomic E-state index is 4.18. The molecule has 3 rings (SSSR count). The van der Waals surface area contributed by atoms with Crippen molar-refractivity contribution in [3.8, 4) is 0 Å². The van der Waals surface area contributed by atoms with Gasteiger partial charge in [0.15, 0.2) is 0 Å². The summed E-state index contributed by atoms with van der Waals surface area (Å²) < 4.78 is 0.788. The molecule has 0 fully saturated rings. The molecule has 1 aromatic heterocycles. The number of aromatic nitrogens is 2. The van der Waals surface area contributed by atoms with E-state index in [-0.39, 0.29) is 0 Å². The zero-order chi connectivity index (χ0) is 11.7. The van der Waals surface area contributed by atoms with Crippen molar-refractivity contribution in [1.82, 2.24) is 9.97 Å². The highest BCUT2D eigenvalue weighted by atomic mass is 79.9. The third-order valence-corrected chi connectivity index (χ3v) is 3.44. The summed E-state index contributed by atoms with van der Waals surface area (Å²) in [5.74, 6) is 0.810. The van der Waals surface area contributed by atoms with Crippen LogP contribution in [0.2, 0.25) is 0 Å². The van der Waals surface area contributed by atoms with Crippen LogP contribution in [0.4, 0.5) is 11.5 Å². The average molecular weight is 290 g/mol. The fourth-order valence-corrected chi connectivity index (χ4v) is 2.51. The van der Waals surface area contributed by atoms with Crippen LogP contribution in [0.1, 0.15) is 17.5 Å². The Bertz CT molecular complexity index is 554. The molecule has 0 saturated heterocycles. The number of anilines is 2. The van der Waals surface area contributed by atoms with Gasteiger partial charge in [-0.25, -0.2) is 9.97 Å². The molecule has 1 aliphatic carbocycles. The number of rotatable bonds is 2. The molecule has 0 amide bonds. The molecule has 2 aromatic rings. The summed E-state index contributed by atoms with van der Waals surface area (Å²) in [5, 5.41) is 3.29. The second-order valence-corrected chi connectivity index (χ2v) is 5.00. The fourth-order valence-electron chi connectivity index (χ4n) is 2.20. The van der Waals surface area contributed by atoms with Crippen molar-refractivity contribution in [2.45, 2.75) is 19.3 Å². The molecule has 1 aromatic carbocycles. The van der Waals surface area contributed by atoms with E-state index in [1.54, 1.807) is 6.33 Å². The monoisotopic (exact) mass is 289 g/mol. The Balaban J connectivity index is 1.86. The molecule has 0 bridgehead atoms. The number of fused-ring (bicyclic) bond motifs is 1. The molecule has 1 aliphatic rings. The van der Waals surface area contributed by atoms with E-state index in [4.69, 9.17) is 0 Å². The van der Waals surface area contributed by atoms with E-state index in [1.165, 1.54) is 30.4 Å². The Kier molecular flexibility index (Phi) is 2.81. The topological polar surface area (TPSA) is 37.8 Å². The third-order valence-electron chi connectivity index (χ3n) is 3.00. The number of nitrogens with one attached hydrogen (secondary N) is 1. The smallest absolute Gasteiger partial charge is 0.134 e. The van der Waals surface area contributed by atoms with Gasteiger partial charge in [0.05, 0.1) is 0 Å². The first-order valence-corrected chi connectivity index (χ1v) is 6.47. The highest BCUT2D eigenvalue weighted by molar-refractivity contribution is 9.10. The molecule has 0 aliphatic heterocycles. The van der Waals surface area contributed by atoms with Gasteiger partial charge in [0, 0.05) is 11.8 Å². The zero-order valence-corrected chi connectivity index (χ0v) is 10.9. The van der Waals surface area contributed by atoms with E-state index in [2.05, 4.69) is 49.4 Å². The van der Waals surface area contributed by atoms with E-state index in [9.17, 15) is 0 Å². The molecule has 0 saturated carbocycles. The lowest BCUT2D eigenvalue weighted by Gasteiger charge is -2.07. The second kappa shape index (κ2) is 4.45. The Morgan fingerprint density at radius 2 is 1.94 bits per heavy atom. The fraction of sp³-hybridized carbons (Fsp3) is 0.231. The van der Waals surface area contributed by atoms with E-state index >= 15 is 0 Å². The lowest BCUT2D eigenvalue weighted by Crippen LogP contribution is -1.95. The maximum Gasteiger partial charge on any atom is 0.134 e. The van der Waals surface area contributed by atoms with Gasteiger partial charge in [0.2, 0.25) is 0 Å². The van der Waals surface area contributed by atoms with Crippen LogP contribution in [0.15, 0.2) is 35.2 Å². The molecular formula is C13H12BrN3.